The van der Waals surface area contributed by atoms with Crippen LogP contribution in [-0.2, 0) is 0 Å². The number of benzene rings is 7. The molecule has 7 aromatic carbocycles. The maximum Gasteiger partial charge on any atom is 0.253 e. The second-order valence-corrected chi connectivity index (χ2v) is 15.9. The summed E-state index contributed by atoms with van der Waals surface area (Å²) in [4.78, 5) is 2.55. The Labute approximate surface area is 295 Å². The van der Waals surface area contributed by atoms with Crippen LogP contribution >= 0.6 is 23.1 Å². The van der Waals surface area contributed by atoms with Gasteiger partial charge in [0.2, 0.25) is 0 Å². The largest absolute Gasteiger partial charge is 0.458 e. The number of hydrogen-bond acceptors (Lipinski definition) is 4. The van der Waals surface area contributed by atoms with Gasteiger partial charge in [-0.1, -0.05) is 107 Å². The normalized spacial score (nSPS) is 13.4. The van der Waals surface area contributed by atoms with E-state index in [1.165, 1.54) is 73.8 Å². The highest BCUT2D eigenvalue weighted by atomic mass is 32.2. The van der Waals surface area contributed by atoms with Gasteiger partial charge in [-0.15, -0.1) is 11.3 Å². The van der Waals surface area contributed by atoms with Crippen LogP contribution in [0.15, 0.2) is 136 Å². The van der Waals surface area contributed by atoms with Crippen LogP contribution in [0.2, 0.25) is 0 Å². The van der Waals surface area contributed by atoms with Gasteiger partial charge in [-0.25, -0.2) is 0 Å². The predicted molar refractivity (Wildman–Crippen MR) is 212 cm³/mol. The Balaban J connectivity index is 1.25. The molecule has 234 valence electrons. The molecule has 2 aliphatic rings. The number of furan rings is 1. The summed E-state index contributed by atoms with van der Waals surface area (Å²) in [6, 6.07) is 44.3. The van der Waals surface area contributed by atoms with Gasteiger partial charge < -0.3 is 13.7 Å². The Morgan fingerprint density at radius 3 is 2.28 bits per heavy atom. The van der Waals surface area contributed by atoms with E-state index >= 15 is 0 Å². The summed E-state index contributed by atoms with van der Waals surface area (Å²) in [5.41, 5.74) is 11.7. The first kappa shape index (κ1) is 27.4. The van der Waals surface area contributed by atoms with Crippen LogP contribution in [0.3, 0.4) is 0 Å². The van der Waals surface area contributed by atoms with Crippen molar-refractivity contribution in [1.82, 2.24) is 4.57 Å². The fourth-order valence-corrected chi connectivity index (χ4v) is 11.2. The summed E-state index contributed by atoms with van der Waals surface area (Å²) < 4.78 is 18.8. The summed E-state index contributed by atoms with van der Waals surface area (Å²) in [5, 5.41) is 7.25. The maximum atomic E-state index is 6.90. The summed E-state index contributed by atoms with van der Waals surface area (Å²) in [6.45, 7) is 4.48. The third-order valence-electron chi connectivity index (χ3n) is 10.8. The van der Waals surface area contributed by atoms with Gasteiger partial charge >= 0.3 is 0 Å². The topological polar surface area (TPSA) is 27.3 Å². The Hall–Kier alpha value is -5.43. The van der Waals surface area contributed by atoms with E-state index < -0.39 is 0 Å². The Bertz CT molecular complexity index is 3040. The highest BCUT2D eigenvalue weighted by Crippen LogP contribution is 2.51. The number of ether oxygens (including phenoxy) is 1. The van der Waals surface area contributed by atoms with E-state index in [1.54, 1.807) is 0 Å². The van der Waals surface area contributed by atoms with Crippen molar-refractivity contribution in [3.63, 3.8) is 0 Å². The van der Waals surface area contributed by atoms with Crippen LogP contribution in [0.1, 0.15) is 11.1 Å². The summed E-state index contributed by atoms with van der Waals surface area (Å²) >= 11 is 3.73. The lowest BCUT2D eigenvalue weighted by atomic mass is 9.35. The monoisotopic (exact) mass is 675 g/mol. The van der Waals surface area contributed by atoms with Gasteiger partial charge in [0.05, 0.1) is 22.1 Å². The van der Waals surface area contributed by atoms with Gasteiger partial charge in [0.1, 0.15) is 22.7 Å². The van der Waals surface area contributed by atoms with Crippen molar-refractivity contribution in [2.45, 2.75) is 23.6 Å². The van der Waals surface area contributed by atoms with Gasteiger partial charge in [0.25, 0.3) is 6.71 Å². The number of rotatable bonds is 1. The molecule has 0 saturated heterocycles. The van der Waals surface area contributed by atoms with Crippen LogP contribution in [0.5, 0.6) is 11.5 Å². The highest BCUT2D eigenvalue weighted by Gasteiger charge is 2.40. The zero-order valence-corrected chi connectivity index (χ0v) is 28.8. The average molecular weight is 676 g/mol. The minimum absolute atomic E-state index is 0.120. The molecular formula is C44H26BNO2S2. The van der Waals surface area contributed by atoms with E-state index in [0.717, 1.165) is 44.6 Å². The van der Waals surface area contributed by atoms with Gasteiger partial charge in [0.15, 0.2) is 0 Å². The van der Waals surface area contributed by atoms with E-state index in [0.29, 0.717) is 0 Å². The van der Waals surface area contributed by atoms with Crippen molar-refractivity contribution in [3.8, 4) is 17.2 Å². The third-order valence-corrected chi connectivity index (χ3v) is 13.1. The fourth-order valence-electron chi connectivity index (χ4n) is 8.74. The van der Waals surface area contributed by atoms with Crippen LogP contribution in [-0.4, -0.2) is 11.3 Å². The third kappa shape index (κ3) is 3.47. The van der Waals surface area contributed by atoms with Crippen molar-refractivity contribution in [2.75, 3.05) is 0 Å². The number of thiophene rings is 1. The maximum absolute atomic E-state index is 6.90. The Morgan fingerprint density at radius 2 is 1.38 bits per heavy atom. The van der Waals surface area contributed by atoms with Crippen molar-refractivity contribution < 1.29 is 9.15 Å². The molecule has 0 unspecified atom stereocenters. The highest BCUT2D eigenvalue weighted by molar-refractivity contribution is 8.00. The molecule has 0 spiro atoms. The molecule has 0 amide bonds. The molecule has 0 fully saturated rings. The Kier molecular flexibility index (Phi) is 5.28. The first-order valence-electron chi connectivity index (χ1n) is 17.0. The summed E-state index contributed by atoms with van der Waals surface area (Å²) in [7, 11) is 0. The number of para-hydroxylation sites is 2. The molecule has 0 aliphatic carbocycles. The van der Waals surface area contributed by atoms with Gasteiger partial charge in [-0.05, 0) is 61.2 Å². The molecule has 0 radical (unpaired) electrons. The summed E-state index contributed by atoms with van der Waals surface area (Å²) in [6.07, 6.45) is 0. The zero-order valence-electron chi connectivity index (χ0n) is 27.2. The van der Waals surface area contributed by atoms with Crippen molar-refractivity contribution in [1.29, 1.82) is 0 Å². The second kappa shape index (κ2) is 9.63. The molecule has 12 rings (SSSR count). The lowest BCUT2D eigenvalue weighted by Gasteiger charge is -2.33. The zero-order chi connectivity index (χ0) is 32.8. The quantitative estimate of drug-likeness (QED) is 0.162. The van der Waals surface area contributed by atoms with Crippen LogP contribution in [0, 0.1) is 13.8 Å². The molecule has 10 aromatic rings. The van der Waals surface area contributed by atoms with E-state index in [1.807, 2.05) is 23.1 Å². The van der Waals surface area contributed by atoms with Gasteiger partial charge in [-0.3, -0.25) is 0 Å². The molecule has 3 nitrogen and oxygen atoms in total. The first-order valence-corrected chi connectivity index (χ1v) is 18.7. The van der Waals surface area contributed by atoms with Crippen LogP contribution < -0.4 is 21.1 Å². The number of hydrogen-bond donors (Lipinski definition) is 0. The van der Waals surface area contributed by atoms with Crippen molar-refractivity contribution in [2.24, 2.45) is 0 Å². The molecule has 0 saturated carbocycles. The SMILES string of the molecule is Cc1ccc2c(c1)B1c3cc(C)ccc3Sc3cc(-n4c5ccccc5c5c6oc7ccccc7c6c6sc7ccccc7c6c54)cc(c31)O2. The van der Waals surface area contributed by atoms with Gasteiger partial charge in [-0.2, -0.15) is 0 Å². The lowest BCUT2D eigenvalue weighted by molar-refractivity contribution is 0.486. The minimum atomic E-state index is 0.120. The van der Waals surface area contributed by atoms with E-state index in [9.17, 15) is 0 Å². The van der Waals surface area contributed by atoms with Crippen molar-refractivity contribution in [3.05, 3.63) is 132 Å². The van der Waals surface area contributed by atoms with E-state index in [4.69, 9.17) is 9.15 Å². The molecule has 5 heterocycles. The lowest BCUT2D eigenvalue weighted by Crippen LogP contribution is -2.57. The molecule has 0 N–H and O–H groups in total. The van der Waals surface area contributed by atoms with Crippen molar-refractivity contribution >= 4 is 110 Å². The minimum Gasteiger partial charge on any atom is -0.458 e. The van der Waals surface area contributed by atoms with E-state index in [2.05, 4.69) is 140 Å². The molecular weight excluding hydrogens is 649 g/mol. The standard InChI is InChI=1S/C44H26BNO2S2/c1-23-15-17-33-29(19-23)45-30-20-24(2)16-18-36(30)49-37-22-25(21-34(47-33)41(37)45)46-31-12-6-3-9-26(31)38-42(46)39-28-11-5-8-14-35(28)50-44(39)40-27-10-4-7-13-32(27)48-43(38)40/h3-22H,1-2H3. The van der Waals surface area contributed by atoms with Gasteiger partial charge in [0, 0.05) is 52.2 Å². The molecule has 2 aliphatic heterocycles. The first-order chi connectivity index (χ1) is 24.6. The second-order valence-electron chi connectivity index (χ2n) is 13.8. The molecule has 0 atom stereocenters. The average Bonchev–Trinajstić information content (AvgIpc) is 3.81. The number of aryl methyl sites for hydroxylation is 2. The summed E-state index contributed by atoms with van der Waals surface area (Å²) in [5.74, 6) is 1.87. The predicted octanol–water partition coefficient (Wildman–Crippen LogP) is 10.8. The smallest absolute Gasteiger partial charge is 0.253 e. The molecule has 3 aromatic heterocycles. The van der Waals surface area contributed by atoms with E-state index in [-0.39, 0.29) is 6.71 Å². The number of nitrogens with zero attached hydrogens (tertiary/aromatic N) is 1. The number of fused-ring (bicyclic) bond motifs is 16. The van der Waals surface area contributed by atoms with Crippen LogP contribution in [0.25, 0.3) is 69.6 Å². The molecule has 0 bridgehead atoms. The fraction of sp³-hybridized carbons (Fsp3) is 0.0455. The van der Waals surface area contributed by atoms with Crippen LogP contribution in [0.4, 0.5) is 0 Å². The molecule has 6 heteroatoms. The molecule has 50 heavy (non-hydrogen) atoms. The number of aromatic nitrogens is 1. The Morgan fingerprint density at radius 1 is 0.620 bits per heavy atom.